The van der Waals surface area contributed by atoms with Gasteiger partial charge in [0.15, 0.2) is 0 Å². The van der Waals surface area contributed by atoms with Crippen LogP contribution in [0.15, 0.2) is 0 Å². The van der Waals surface area contributed by atoms with Crippen LogP contribution in [0.3, 0.4) is 0 Å². The Kier molecular flexibility index (Phi) is 21.2. The van der Waals surface area contributed by atoms with E-state index in [2.05, 4.69) is 57.0 Å². The predicted molar refractivity (Wildman–Crippen MR) is 95.9 cm³/mol. The molecule has 0 amide bonds. The molecule has 2 rings (SSSR count). The zero-order valence-corrected chi connectivity index (χ0v) is 21.2. The quantitative estimate of drug-likeness (QED) is 0.455. The van der Waals surface area contributed by atoms with Crippen molar-refractivity contribution in [3.8, 4) is 0 Å². The summed E-state index contributed by atoms with van der Waals surface area (Å²) < 4.78 is 10.7. The van der Waals surface area contributed by atoms with E-state index in [-0.39, 0.29) is 89.3 Å². The first-order chi connectivity index (χ1) is 10.3. The van der Waals surface area contributed by atoms with Gasteiger partial charge < -0.3 is 23.3 Å². The van der Waals surface area contributed by atoms with Gasteiger partial charge in [0.25, 0.3) is 0 Å². The molecule has 0 aliphatic carbocycles. The molecule has 2 aliphatic heterocycles. The fraction of sp³-hybridized carbons (Fsp3) is 0.750. The van der Waals surface area contributed by atoms with Crippen molar-refractivity contribution in [3.05, 3.63) is 26.1 Å². The number of hydrogen-bond acceptors (Lipinski definition) is 2. The Morgan fingerprint density at radius 2 is 1.04 bits per heavy atom. The van der Waals surface area contributed by atoms with Gasteiger partial charge in [-0.25, -0.2) is 0 Å². The van der Waals surface area contributed by atoms with Crippen LogP contribution in [0.25, 0.3) is 0 Å². The minimum Gasteiger partial charge on any atom is -0.555 e. The normalized spacial score (nSPS) is 35.6. The Hall–Kier alpha value is 2.39. The van der Waals surface area contributed by atoms with Gasteiger partial charge in [0, 0.05) is 80.9 Å². The predicted octanol–water partition coefficient (Wildman–Crippen LogP) is 2.31. The molecule has 2 unspecified atom stereocenters. The molecule has 0 aromatic heterocycles. The van der Waals surface area contributed by atoms with Gasteiger partial charge in [-0.05, 0) is 12.0 Å². The first-order valence-corrected chi connectivity index (χ1v) is 7.88. The minimum absolute atomic E-state index is 0. The standard InChI is InChI=1S/2C8H13BO.B2.2Y/c2*1-4-7-5(2)6(3)8(9)10-7;1-2;;/h2*5-6,8H,3-4H2,1-2H3;;;/q2*-2;;;/t5-,6?,8+;5-,6?,8-;;;/m01.../s1. The topological polar surface area (TPSA) is 18.5 Å². The Labute approximate surface area is 206 Å². The Bertz CT molecular complexity index is 275. The van der Waals surface area contributed by atoms with Crippen LogP contribution in [0.5, 0.6) is 0 Å². The van der Waals surface area contributed by atoms with Crippen LogP contribution in [0.1, 0.15) is 40.5 Å². The Morgan fingerprint density at radius 1 is 0.792 bits per heavy atom. The average Bonchev–Trinajstić information content (AvgIpc) is 2.94. The van der Waals surface area contributed by atoms with E-state index in [1.165, 1.54) is 0 Å². The van der Waals surface area contributed by atoms with E-state index >= 15 is 0 Å². The number of rotatable bonds is 2. The smallest absolute Gasteiger partial charge is 0.101 e. The monoisotopic (exact) mass is 472 g/mol. The molecule has 0 saturated carbocycles. The van der Waals surface area contributed by atoms with E-state index in [0.717, 1.165) is 25.0 Å². The van der Waals surface area contributed by atoms with Crippen LogP contribution in [0, 0.1) is 49.7 Å². The van der Waals surface area contributed by atoms with E-state index in [9.17, 15) is 0 Å². The van der Waals surface area contributed by atoms with E-state index in [0.29, 0.717) is 11.8 Å². The van der Waals surface area contributed by atoms with Crippen LogP contribution >= 0.6 is 0 Å². The van der Waals surface area contributed by atoms with Crippen molar-refractivity contribution in [1.29, 1.82) is 0 Å². The Morgan fingerprint density at radius 3 is 1.12 bits per heavy atom. The van der Waals surface area contributed by atoms with Gasteiger partial charge in [-0.1, -0.05) is 27.7 Å². The molecule has 0 spiro atoms. The molecule has 2 fully saturated rings. The zero-order chi connectivity index (χ0) is 17.4. The molecule has 0 bridgehead atoms. The zero-order valence-electron chi connectivity index (χ0n) is 15.6. The first kappa shape index (κ1) is 31.1. The molecular formula is C16H26B4O2Y2-4. The van der Waals surface area contributed by atoms with Crippen LogP contribution in [0.2, 0.25) is 0 Å². The molecule has 2 saturated heterocycles. The van der Waals surface area contributed by atoms with Crippen molar-refractivity contribution in [2.45, 2.75) is 52.5 Å². The van der Waals surface area contributed by atoms with Gasteiger partial charge in [0.1, 0.15) is 15.7 Å². The molecule has 6 atom stereocenters. The van der Waals surface area contributed by atoms with Crippen LogP contribution in [-0.2, 0) is 74.9 Å². The second-order valence-corrected chi connectivity index (χ2v) is 5.71. The van der Waals surface area contributed by atoms with Crippen molar-refractivity contribution in [2.75, 3.05) is 0 Å². The third-order valence-corrected chi connectivity index (χ3v) is 4.42. The van der Waals surface area contributed by atoms with E-state index in [1.54, 1.807) is 0 Å². The molecule has 2 heterocycles. The maximum absolute atomic E-state index is 5.63. The molecule has 0 aromatic carbocycles. The molecule has 124 valence electrons. The van der Waals surface area contributed by atoms with Crippen LogP contribution in [-0.4, -0.2) is 43.2 Å². The van der Waals surface area contributed by atoms with Crippen molar-refractivity contribution in [3.63, 3.8) is 0 Å². The molecule has 8 heteroatoms. The van der Waals surface area contributed by atoms with Crippen LogP contribution in [0.4, 0.5) is 0 Å². The van der Waals surface area contributed by atoms with Crippen molar-refractivity contribution in [1.82, 2.24) is 0 Å². The molecule has 2 nitrogen and oxygen atoms in total. The fourth-order valence-corrected chi connectivity index (χ4v) is 2.60. The van der Waals surface area contributed by atoms with Crippen molar-refractivity contribution in [2.24, 2.45) is 23.7 Å². The van der Waals surface area contributed by atoms with Gasteiger partial charge in [0.2, 0.25) is 0 Å². The second-order valence-electron chi connectivity index (χ2n) is 5.71. The van der Waals surface area contributed by atoms with Crippen molar-refractivity contribution < 1.29 is 74.9 Å². The minimum atomic E-state index is -0.176. The molecule has 0 N–H and O–H groups in total. The summed E-state index contributed by atoms with van der Waals surface area (Å²) in [5.41, 5.74) is 0. The summed E-state index contributed by atoms with van der Waals surface area (Å²) in [7, 11) is 19.3. The summed E-state index contributed by atoms with van der Waals surface area (Å²) in [6.45, 7) is 16.2. The van der Waals surface area contributed by atoms with Crippen molar-refractivity contribution >= 4 is 31.2 Å². The second kappa shape index (κ2) is 16.4. The van der Waals surface area contributed by atoms with Gasteiger partial charge in [-0.2, -0.15) is 48.7 Å². The molecular weight excluding hydrogens is 445 g/mol. The maximum Gasteiger partial charge on any atom is 0.101 e. The van der Waals surface area contributed by atoms with Gasteiger partial charge in [-0.3, -0.25) is 0 Å². The van der Waals surface area contributed by atoms with E-state index in [1.807, 2.05) is 0 Å². The third-order valence-electron chi connectivity index (χ3n) is 4.42. The van der Waals surface area contributed by atoms with E-state index in [4.69, 9.17) is 25.2 Å². The maximum atomic E-state index is 5.63. The summed E-state index contributed by atoms with van der Waals surface area (Å²) >= 11 is 0. The summed E-state index contributed by atoms with van der Waals surface area (Å²) in [5.74, 6) is 1.32. The number of ether oxygens (including phenoxy) is 2. The molecule has 2 aliphatic rings. The Balaban J connectivity index is -0.000000310. The fourth-order valence-electron chi connectivity index (χ4n) is 2.60. The van der Waals surface area contributed by atoms with Gasteiger partial charge >= 0.3 is 0 Å². The van der Waals surface area contributed by atoms with Gasteiger partial charge in [-0.15, -0.1) is 0 Å². The average molecular weight is 471 g/mol. The summed E-state index contributed by atoms with van der Waals surface area (Å²) in [4.78, 5) is 0. The first-order valence-electron chi connectivity index (χ1n) is 7.88. The third kappa shape index (κ3) is 9.05. The summed E-state index contributed by atoms with van der Waals surface area (Å²) in [6, 6.07) is -0.352. The SMILES string of the molecule is [B][B].[B][C@@H]1O[C-](CC)[C@@H](C)C1[CH2-].[B][C@@H]1O[C-](CC)[C@H](C)C1[CH2-].[Y].[Y]. The molecule has 24 heavy (non-hydrogen) atoms. The van der Waals surface area contributed by atoms with Gasteiger partial charge in [0.05, 0.1) is 0 Å². The number of hydrogen-bond donors (Lipinski definition) is 0. The molecule has 0 aromatic rings. The largest absolute Gasteiger partial charge is 0.555 e. The molecule has 10 radical (unpaired) electrons. The summed E-state index contributed by atoms with van der Waals surface area (Å²) in [5, 5.41) is 0. The summed E-state index contributed by atoms with van der Waals surface area (Å²) in [6.07, 6.45) is 4.13. The van der Waals surface area contributed by atoms with Crippen LogP contribution < -0.4 is 0 Å². The van der Waals surface area contributed by atoms with E-state index < -0.39 is 0 Å².